The first-order valence-electron chi connectivity index (χ1n) is 7.67. The lowest BCUT2D eigenvalue weighted by atomic mass is 10.1. The standard InChI is InChI=1S/C17H17FN2O4S/c18-13-5-7-14(8-6-13)25(22,23)19-16-4-2-1-3-15(16)17(21)20-9-11-24-12-10-20/h1-8,21H,9-12H2/p-1. The van der Waals surface area contributed by atoms with Crippen molar-refractivity contribution >= 4 is 15.7 Å². The molecule has 132 valence electrons. The maximum Gasteiger partial charge on any atom is 0.282 e. The molecule has 0 amide bonds. The number of benzene rings is 1. The van der Waals surface area contributed by atoms with Gasteiger partial charge in [0.1, 0.15) is 5.82 Å². The number of hydrogen-bond donors (Lipinski definition) is 0. The van der Waals surface area contributed by atoms with Gasteiger partial charge in [-0.1, -0.05) is 18.2 Å². The molecule has 0 unspecified atom stereocenters. The lowest BCUT2D eigenvalue weighted by molar-refractivity contribution is -0.336. The van der Waals surface area contributed by atoms with Crippen LogP contribution in [0.15, 0.2) is 69.3 Å². The largest absolute Gasteiger partial charge is 0.860 e. The fourth-order valence-electron chi connectivity index (χ4n) is 2.46. The predicted molar refractivity (Wildman–Crippen MR) is 88.7 cm³/mol. The van der Waals surface area contributed by atoms with Crippen molar-refractivity contribution in [1.82, 2.24) is 4.90 Å². The van der Waals surface area contributed by atoms with E-state index in [2.05, 4.69) is 4.40 Å². The summed E-state index contributed by atoms with van der Waals surface area (Å²) in [6.45, 7) is 1.77. The molecule has 3 rings (SSSR count). The van der Waals surface area contributed by atoms with E-state index in [1.165, 1.54) is 12.2 Å². The highest BCUT2D eigenvalue weighted by Gasteiger charge is 2.18. The van der Waals surface area contributed by atoms with Gasteiger partial charge in [0.25, 0.3) is 10.0 Å². The van der Waals surface area contributed by atoms with Crippen molar-refractivity contribution in [3.63, 3.8) is 0 Å². The van der Waals surface area contributed by atoms with Crippen LogP contribution in [0.2, 0.25) is 0 Å². The van der Waals surface area contributed by atoms with Gasteiger partial charge in [-0.15, -0.1) is 0 Å². The second-order valence-electron chi connectivity index (χ2n) is 5.44. The van der Waals surface area contributed by atoms with Gasteiger partial charge in [-0.05, 0) is 36.2 Å². The van der Waals surface area contributed by atoms with Gasteiger partial charge in [0.15, 0.2) is 0 Å². The fraction of sp³-hybridized carbons (Fsp3) is 0.235. The first kappa shape index (κ1) is 17.4. The Bertz CT molecular complexity index is 864. The second kappa shape index (κ2) is 7.20. The minimum Gasteiger partial charge on any atom is -0.860 e. The smallest absolute Gasteiger partial charge is 0.282 e. The monoisotopic (exact) mass is 363 g/mol. The molecule has 1 saturated heterocycles. The maximum absolute atomic E-state index is 13.0. The Morgan fingerprint density at radius 2 is 1.76 bits per heavy atom. The van der Waals surface area contributed by atoms with Crippen molar-refractivity contribution in [1.29, 1.82) is 0 Å². The highest BCUT2D eigenvalue weighted by molar-refractivity contribution is 7.90. The zero-order valence-corrected chi connectivity index (χ0v) is 14.1. The van der Waals surface area contributed by atoms with Crippen LogP contribution in [0.5, 0.6) is 0 Å². The van der Waals surface area contributed by atoms with E-state index in [4.69, 9.17) is 4.74 Å². The molecule has 0 atom stereocenters. The third kappa shape index (κ3) is 3.97. The lowest BCUT2D eigenvalue weighted by Crippen LogP contribution is -2.41. The van der Waals surface area contributed by atoms with Crippen molar-refractivity contribution in [2.75, 3.05) is 26.3 Å². The van der Waals surface area contributed by atoms with E-state index >= 15 is 0 Å². The molecule has 0 aromatic heterocycles. The van der Waals surface area contributed by atoms with Crippen molar-refractivity contribution in [3.05, 3.63) is 65.8 Å². The average Bonchev–Trinajstić information content (AvgIpc) is 2.62. The molecule has 0 bridgehead atoms. The fourth-order valence-corrected chi connectivity index (χ4v) is 3.46. The van der Waals surface area contributed by atoms with Crippen LogP contribution in [0, 0.1) is 5.82 Å². The number of sulfonamides is 1. The van der Waals surface area contributed by atoms with Gasteiger partial charge in [0, 0.05) is 18.7 Å². The minimum atomic E-state index is -4.05. The molecule has 1 aromatic rings. The molecule has 2 aliphatic rings. The first-order valence-corrected chi connectivity index (χ1v) is 9.11. The molecular formula is C17H16FN2O4S-. The molecule has 25 heavy (non-hydrogen) atoms. The summed E-state index contributed by atoms with van der Waals surface area (Å²) in [5, 5.41) is 12.7. The first-order chi connectivity index (χ1) is 12.0. The summed E-state index contributed by atoms with van der Waals surface area (Å²) in [5.41, 5.74) is 0.262. The number of nitrogens with zero attached hydrogens (tertiary/aromatic N) is 2. The molecule has 0 N–H and O–H groups in total. The van der Waals surface area contributed by atoms with Crippen LogP contribution in [-0.2, 0) is 14.8 Å². The highest BCUT2D eigenvalue weighted by atomic mass is 32.2. The predicted octanol–water partition coefficient (Wildman–Crippen LogP) is 0.985. The van der Waals surface area contributed by atoms with Gasteiger partial charge in [-0.3, -0.25) is 0 Å². The summed E-state index contributed by atoms with van der Waals surface area (Å²) in [6.07, 6.45) is 6.26. The molecule has 8 heteroatoms. The molecular weight excluding hydrogens is 347 g/mol. The second-order valence-corrected chi connectivity index (χ2v) is 7.05. The molecule has 0 spiro atoms. The van der Waals surface area contributed by atoms with Crippen LogP contribution < -0.4 is 5.11 Å². The molecule has 1 aliphatic heterocycles. The van der Waals surface area contributed by atoms with Crippen LogP contribution in [-0.4, -0.2) is 45.3 Å². The van der Waals surface area contributed by atoms with Crippen LogP contribution >= 0.6 is 0 Å². The zero-order chi connectivity index (χ0) is 17.9. The average molecular weight is 363 g/mol. The molecule has 0 radical (unpaired) electrons. The van der Waals surface area contributed by atoms with Crippen molar-refractivity contribution < 1.29 is 22.7 Å². The summed E-state index contributed by atoms with van der Waals surface area (Å²) >= 11 is 0. The van der Waals surface area contributed by atoms with Gasteiger partial charge < -0.3 is 14.7 Å². The van der Waals surface area contributed by atoms with E-state index in [-0.39, 0.29) is 22.1 Å². The van der Waals surface area contributed by atoms with E-state index in [0.717, 1.165) is 24.3 Å². The van der Waals surface area contributed by atoms with Gasteiger partial charge >= 0.3 is 0 Å². The Kier molecular flexibility index (Phi) is 5.00. The van der Waals surface area contributed by atoms with E-state index in [9.17, 15) is 17.9 Å². The van der Waals surface area contributed by atoms with Gasteiger partial charge in [-0.2, -0.15) is 12.8 Å². The SMILES string of the molecule is O=S(=O)(N=C1C=CC=CC1=C([O-])N1CCOCC1)c1ccc(F)cc1. The van der Waals surface area contributed by atoms with Crippen LogP contribution in [0.4, 0.5) is 4.39 Å². The Morgan fingerprint density at radius 1 is 1.12 bits per heavy atom. The molecule has 6 nitrogen and oxygen atoms in total. The minimum absolute atomic E-state index is 0.0586. The van der Waals surface area contributed by atoms with E-state index in [0.29, 0.717) is 26.3 Å². The number of hydrogen-bond acceptors (Lipinski definition) is 5. The van der Waals surface area contributed by atoms with Gasteiger partial charge in [-0.25, -0.2) is 4.39 Å². The summed E-state index contributed by atoms with van der Waals surface area (Å²) in [5.74, 6) is -0.834. The van der Waals surface area contributed by atoms with Crippen LogP contribution in [0.1, 0.15) is 0 Å². The Balaban J connectivity index is 1.98. The number of rotatable bonds is 3. The molecule has 1 fully saturated rings. The Morgan fingerprint density at radius 3 is 2.44 bits per heavy atom. The van der Waals surface area contributed by atoms with Crippen molar-refractivity contribution in [2.24, 2.45) is 4.40 Å². The zero-order valence-electron chi connectivity index (χ0n) is 13.3. The number of morpholine rings is 1. The lowest BCUT2D eigenvalue weighted by Gasteiger charge is -2.36. The van der Waals surface area contributed by atoms with E-state index in [1.54, 1.807) is 17.1 Å². The van der Waals surface area contributed by atoms with Crippen LogP contribution in [0.3, 0.4) is 0 Å². The normalized spacial score (nSPS) is 21.6. The number of halogens is 1. The summed E-state index contributed by atoms with van der Waals surface area (Å²) in [7, 11) is -4.05. The number of allylic oxidation sites excluding steroid dienone is 5. The van der Waals surface area contributed by atoms with E-state index < -0.39 is 15.8 Å². The number of ether oxygens (including phenoxy) is 1. The molecule has 1 aromatic carbocycles. The summed E-state index contributed by atoms with van der Waals surface area (Å²) < 4.78 is 46.8. The molecule has 0 saturated carbocycles. The quantitative estimate of drug-likeness (QED) is 0.748. The van der Waals surface area contributed by atoms with Gasteiger partial charge in [0.2, 0.25) is 0 Å². The summed E-state index contributed by atoms with van der Waals surface area (Å²) in [6, 6.07) is 4.38. The molecule has 1 aliphatic carbocycles. The molecule has 1 heterocycles. The van der Waals surface area contributed by atoms with Crippen LogP contribution in [0.25, 0.3) is 0 Å². The van der Waals surface area contributed by atoms with Crippen molar-refractivity contribution in [3.8, 4) is 0 Å². The topological polar surface area (TPSA) is 82.0 Å². The third-order valence-corrected chi connectivity index (χ3v) is 5.07. The summed E-state index contributed by atoms with van der Waals surface area (Å²) in [4.78, 5) is 1.46. The maximum atomic E-state index is 13.0. The van der Waals surface area contributed by atoms with Crippen molar-refractivity contribution in [2.45, 2.75) is 4.90 Å². The Labute approximate surface area is 145 Å². The highest BCUT2D eigenvalue weighted by Crippen LogP contribution is 2.19. The Hall–Kier alpha value is -2.45. The van der Waals surface area contributed by atoms with E-state index in [1.807, 2.05) is 0 Å². The van der Waals surface area contributed by atoms with Gasteiger partial charge in [0.05, 0.1) is 23.8 Å². The third-order valence-electron chi connectivity index (χ3n) is 3.76.